The summed E-state index contributed by atoms with van der Waals surface area (Å²) in [4.78, 5) is 12.0. The molecule has 1 aromatic rings. The van der Waals surface area contributed by atoms with Gasteiger partial charge in [0.15, 0.2) is 0 Å². The molecule has 0 aromatic carbocycles. The van der Waals surface area contributed by atoms with Crippen molar-refractivity contribution in [2.45, 2.75) is 32.2 Å². The zero-order valence-corrected chi connectivity index (χ0v) is 12.6. The minimum absolute atomic E-state index is 0. The van der Waals surface area contributed by atoms with Crippen LogP contribution in [0.25, 0.3) is 0 Å². The molecule has 114 valence electrons. The molecule has 1 aliphatic rings. The van der Waals surface area contributed by atoms with Gasteiger partial charge in [0.25, 0.3) is 5.91 Å². The molecule has 0 saturated heterocycles. The summed E-state index contributed by atoms with van der Waals surface area (Å²) in [5.74, 6) is 0.537. The van der Waals surface area contributed by atoms with Crippen molar-refractivity contribution in [3.8, 4) is 0 Å². The highest BCUT2D eigenvalue weighted by Gasteiger charge is 2.36. The Morgan fingerprint density at radius 3 is 2.80 bits per heavy atom. The van der Waals surface area contributed by atoms with Gasteiger partial charge in [0.05, 0.1) is 12.1 Å². The van der Waals surface area contributed by atoms with E-state index in [2.05, 4.69) is 5.32 Å². The number of halogens is 1. The number of ether oxygens (including phenoxy) is 1. The highest BCUT2D eigenvalue weighted by atomic mass is 35.5. The van der Waals surface area contributed by atoms with Crippen molar-refractivity contribution < 1.29 is 13.9 Å². The summed E-state index contributed by atoms with van der Waals surface area (Å²) < 4.78 is 10.3. The van der Waals surface area contributed by atoms with E-state index in [1.54, 1.807) is 13.2 Å². The number of nitrogens with one attached hydrogen (secondary N) is 1. The van der Waals surface area contributed by atoms with Gasteiger partial charge in [-0.05, 0) is 30.7 Å². The van der Waals surface area contributed by atoms with E-state index in [0.717, 1.165) is 25.9 Å². The van der Waals surface area contributed by atoms with Crippen LogP contribution >= 0.6 is 12.4 Å². The third-order valence-corrected chi connectivity index (χ3v) is 3.99. The fourth-order valence-corrected chi connectivity index (χ4v) is 2.49. The topological polar surface area (TPSA) is 77.5 Å². The van der Waals surface area contributed by atoms with Crippen LogP contribution in [0.3, 0.4) is 0 Å². The van der Waals surface area contributed by atoms with Crippen LogP contribution in [0.2, 0.25) is 0 Å². The van der Waals surface area contributed by atoms with Crippen LogP contribution in [0, 0.1) is 5.41 Å². The fraction of sp³-hybridized carbons (Fsp3) is 0.643. The molecule has 1 amide bonds. The van der Waals surface area contributed by atoms with Crippen molar-refractivity contribution in [3.05, 3.63) is 23.7 Å². The smallest absolute Gasteiger partial charge is 0.254 e. The van der Waals surface area contributed by atoms with Gasteiger partial charge in [-0.15, -0.1) is 12.4 Å². The first-order valence-corrected chi connectivity index (χ1v) is 6.74. The van der Waals surface area contributed by atoms with E-state index in [1.165, 1.54) is 12.7 Å². The predicted octanol–water partition coefficient (Wildman–Crippen LogP) is 2.10. The molecule has 1 fully saturated rings. The zero-order chi connectivity index (χ0) is 13.7. The van der Waals surface area contributed by atoms with Gasteiger partial charge in [0, 0.05) is 20.3 Å². The maximum atomic E-state index is 12.0. The van der Waals surface area contributed by atoms with Crippen LogP contribution < -0.4 is 11.1 Å². The van der Waals surface area contributed by atoms with Gasteiger partial charge >= 0.3 is 0 Å². The van der Waals surface area contributed by atoms with Crippen molar-refractivity contribution in [3.63, 3.8) is 0 Å². The van der Waals surface area contributed by atoms with E-state index in [-0.39, 0.29) is 23.7 Å². The van der Waals surface area contributed by atoms with E-state index >= 15 is 0 Å². The quantitative estimate of drug-likeness (QED) is 0.808. The first kappa shape index (κ1) is 17.0. The third-order valence-electron chi connectivity index (χ3n) is 3.99. The van der Waals surface area contributed by atoms with Gasteiger partial charge in [0.2, 0.25) is 0 Å². The molecule has 2 rings (SSSR count). The minimum atomic E-state index is -0.0906. The average molecular weight is 303 g/mol. The highest BCUT2D eigenvalue weighted by molar-refractivity contribution is 5.94. The lowest BCUT2D eigenvalue weighted by Gasteiger charge is -2.42. The molecule has 0 spiro atoms. The van der Waals surface area contributed by atoms with Crippen molar-refractivity contribution >= 4 is 18.3 Å². The van der Waals surface area contributed by atoms with Crippen molar-refractivity contribution in [2.24, 2.45) is 11.1 Å². The number of hydrogen-bond acceptors (Lipinski definition) is 4. The Hall–Kier alpha value is -1.04. The van der Waals surface area contributed by atoms with Gasteiger partial charge in [0.1, 0.15) is 12.0 Å². The van der Waals surface area contributed by atoms with Crippen molar-refractivity contribution in [1.82, 2.24) is 5.32 Å². The number of amides is 1. The molecule has 6 heteroatoms. The maximum absolute atomic E-state index is 12.0. The summed E-state index contributed by atoms with van der Waals surface area (Å²) in [7, 11) is 1.71. The summed E-state index contributed by atoms with van der Waals surface area (Å²) in [6.07, 6.45) is 6.03. The van der Waals surface area contributed by atoms with E-state index in [9.17, 15) is 4.79 Å². The minimum Gasteiger partial charge on any atom is -0.467 e. The standard InChI is InChI=1S/C14H22N2O3.ClH/c1-18-6-5-14(3-2-4-14)10-16-13(17)11-7-12(8-15)19-9-11;/h7,9H,2-6,8,10,15H2,1H3,(H,16,17);1H. The molecule has 0 unspecified atom stereocenters. The molecule has 1 saturated carbocycles. The summed E-state index contributed by atoms with van der Waals surface area (Å²) in [5.41, 5.74) is 6.22. The normalized spacial score (nSPS) is 16.1. The largest absolute Gasteiger partial charge is 0.467 e. The Labute approximate surface area is 125 Å². The van der Waals surface area contributed by atoms with Gasteiger partial charge in [-0.2, -0.15) is 0 Å². The second kappa shape index (κ2) is 7.67. The lowest BCUT2D eigenvalue weighted by atomic mass is 9.66. The summed E-state index contributed by atoms with van der Waals surface area (Å²) in [5, 5.41) is 2.99. The van der Waals surface area contributed by atoms with E-state index < -0.39 is 0 Å². The highest BCUT2D eigenvalue weighted by Crippen LogP contribution is 2.43. The van der Waals surface area contributed by atoms with E-state index in [1.807, 2.05) is 0 Å². The molecule has 0 radical (unpaired) electrons. The third kappa shape index (κ3) is 3.98. The lowest BCUT2D eigenvalue weighted by Crippen LogP contribution is -2.42. The number of carbonyl (C=O) groups excluding carboxylic acids is 1. The van der Waals surface area contributed by atoms with Gasteiger partial charge in [-0.1, -0.05) is 6.42 Å². The van der Waals surface area contributed by atoms with E-state index in [0.29, 0.717) is 24.4 Å². The Balaban J connectivity index is 0.00000200. The van der Waals surface area contributed by atoms with Crippen LogP contribution in [-0.4, -0.2) is 26.2 Å². The second-order valence-electron chi connectivity index (χ2n) is 5.28. The van der Waals surface area contributed by atoms with Crippen molar-refractivity contribution in [2.75, 3.05) is 20.3 Å². The molecule has 1 aromatic heterocycles. The summed E-state index contributed by atoms with van der Waals surface area (Å²) in [6.45, 7) is 1.77. The van der Waals surface area contributed by atoms with Crippen LogP contribution in [0.15, 0.2) is 16.7 Å². The van der Waals surface area contributed by atoms with Crippen molar-refractivity contribution in [1.29, 1.82) is 0 Å². The second-order valence-corrected chi connectivity index (χ2v) is 5.28. The number of carbonyl (C=O) groups is 1. The van der Waals surface area contributed by atoms with Gasteiger partial charge < -0.3 is 20.2 Å². The summed E-state index contributed by atoms with van der Waals surface area (Å²) in [6, 6.07) is 1.69. The number of hydrogen-bond donors (Lipinski definition) is 2. The predicted molar refractivity (Wildman–Crippen MR) is 79.0 cm³/mol. The monoisotopic (exact) mass is 302 g/mol. The first-order chi connectivity index (χ1) is 9.19. The van der Waals surface area contributed by atoms with E-state index in [4.69, 9.17) is 14.9 Å². The number of rotatable bonds is 7. The molecule has 1 heterocycles. The Morgan fingerprint density at radius 1 is 1.55 bits per heavy atom. The Morgan fingerprint density at radius 2 is 2.30 bits per heavy atom. The number of methoxy groups -OCH3 is 1. The molecule has 0 bridgehead atoms. The van der Waals surface area contributed by atoms with Crippen LogP contribution in [0.5, 0.6) is 0 Å². The molecule has 5 nitrogen and oxygen atoms in total. The Kier molecular flexibility index (Phi) is 6.52. The molecule has 0 atom stereocenters. The van der Waals surface area contributed by atoms with Crippen LogP contribution in [0.1, 0.15) is 41.8 Å². The van der Waals surface area contributed by atoms with Gasteiger partial charge in [-0.3, -0.25) is 4.79 Å². The molecule has 20 heavy (non-hydrogen) atoms. The van der Waals surface area contributed by atoms with Crippen LogP contribution in [-0.2, 0) is 11.3 Å². The maximum Gasteiger partial charge on any atom is 0.254 e. The van der Waals surface area contributed by atoms with Gasteiger partial charge in [-0.25, -0.2) is 0 Å². The lowest BCUT2D eigenvalue weighted by molar-refractivity contribution is 0.0631. The number of furan rings is 1. The SMILES string of the molecule is COCCC1(CNC(=O)c2coc(CN)c2)CCC1.Cl. The first-order valence-electron chi connectivity index (χ1n) is 6.74. The number of nitrogens with two attached hydrogens (primary N) is 1. The molecular formula is C14H23ClN2O3. The zero-order valence-electron chi connectivity index (χ0n) is 11.8. The summed E-state index contributed by atoms with van der Waals surface area (Å²) >= 11 is 0. The molecule has 1 aliphatic carbocycles. The molecular weight excluding hydrogens is 280 g/mol. The fourth-order valence-electron chi connectivity index (χ4n) is 2.49. The van der Waals surface area contributed by atoms with Crippen LogP contribution in [0.4, 0.5) is 0 Å². The Bertz CT molecular complexity index is 430. The molecule has 0 aliphatic heterocycles. The molecule has 3 N–H and O–H groups in total. The average Bonchev–Trinajstić information content (AvgIpc) is 2.85.